The van der Waals surface area contributed by atoms with Crippen molar-refractivity contribution < 1.29 is 29.0 Å². The minimum absolute atomic E-state index is 0.0113. The number of hydrogen-bond donors (Lipinski definition) is 2. The second kappa shape index (κ2) is 10.3. The lowest BCUT2D eigenvalue weighted by Gasteiger charge is -2.34. The molecular weight excluding hydrogens is 468 g/mol. The fourth-order valence-corrected chi connectivity index (χ4v) is 6.21. The van der Waals surface area contributed by atoms with Crippen molar-refractivity contribution >= 4 is 29.7 Å². The predicted molar refractivity (Wildman–Crippen MR) is 131 cm³/mol. The fraction of sp³-hybridized carbons (Fsp3) is 0.423. The Morgan fingerprint density at radius 1 is 1.09 bits per heavy atom. The van der Waals surface area contributed by atoms with Crippen LogP contribution in [-0.2, 0) is 19.1 Å². The standard InChI is InChI=1S/C26H28N2O6S/c29-24(28-9-10-35-15-23(28)25(30)31)16-11-17(33-13-16)12-27-26(32)34-14-22-20-7-3-1-5-18(20)19-6-2-4-8-21(19)22/h1-8,16-17,22-23H,9-15H2,(H,27,32)(H,30,31)/t16-,17-,23?/m0/s1. The van der Waals surface area contributed by atoms with Gasteiger partial charge in [0.15, 0.2) is 0 Å². The molecule has 1 unspecified atom stereocenters. The largest absolute Gasteiger partial charge is 0.480 e. The molecule has 2 heterocycles. The van der Waals surface area contributed by atoms with Gasteiger partial charge in [-0.3, -0.25) is 4.79 Å². The van der Waals surface area contributed by atoms with Crippen LogP contribution in [0, 0.1) is 5.92 Å². The SMILES string of the molecule is O=C(NC[C@@H]1C[C@H](C(=O)N2CCSCC2C(=O)O)CO1)OCC1c2ccccc2-c2ccccc21. The first kappa shape index (κ1) is 23.7. The van der Waals surface area contributed by atoms with E-state index in [1.807, 2.05) is 24.3 Å². The van der Waals surface area contributed by atoms with Crippen molar-refractivity contribution in [2.24, 2.45) is 5.92 Å². The lowest BCUT2D eigenvalue weighted by Crippen LogP contribution is -2.52. The molecule has 184 valence electrons. The van der Waals surface area contributed by atoms with Crippen molar-refractivity contribution in [3.63, 3.8) is 0 Å². The predicted octanol–water partition coefficient (Wildman–Crippen LogP) is 2.96. The highest BCUT2D eigenvalue weighted by Gasteiger charge is 2.39. The average Bonchev–Trinajstić information content (AvgIpc) is 3.49. The third-order valence-electron chi connectivity index (χ3n) is 6.94. The number of thioether (sulfide) groups is 1. The summed E-state index contributed by atoms with van der Waals surface area (Å²) in [7, 11) is 0. The molecule has 2 fully saturated rings. The normalized spacial score (nSPS) is 23.4. The topological polar surface area (TPSA) is 105 Å². The number of carboxylic acid groups (broad SMARTS) is 1. The van der Waals surface area contributed by atoms with E-state index >= 15 is 0 Å². The van der Waals surface area contributed by atoms with E-state index in [9.17, 15) is 19.5 Å². The van der Waals surface area contributed by atoms with Gasteiger partial charge >= 0.3 is 12.1 Å². The van der Waals surface area contributed by atoms with Crippen LogP contribution >= 0.6 is 11.8 Å². The van der Waals surface area contributed by atoms with Gasteiger partial charge in [-0.25, -0.2) is 9.59 Å². The molecule has 2 amide bonds. The molecule has 3 aliphatic rings. The Bertz CT molecular complexity index is 1080. The summed E-state index contributed by atoms with van der Waals surface area (Å²) in [5.74, 6) is -0.423. The van der Waals surface area contributed by atoms with Crippen LogP contribution in [0.4, 0.5) is 4.79 Å². The number of nitrogens with zero attached hydrogens (tertiary/aromatic N) is 1. The molecule has 0 aromatic heterocycles. The van der Waals surface area contributed by atoms with Crippen LogP contribution in [0.3, 0.4) is 0 Å². The van der Waals surface area contributed by atoms with Crippen LogP contribution in [0.15, 0.2) is 48.5 Å². The molecule has 2 N–H and O–H groups in total. The minimum atomic E-state index is -0.974. The van der Waals surface area contributed by atoms with E-state index in [0.29, 0.717) is 18.7 Å². The Hall–Kier alpha value is -3.04. The molecule has 9 heteroatoms. The van der Waals surface area contributed by atoms with Crippen LogP contribution in [-0.4, -0.2) is 77.9 Å². The average molecular weight is 497 g/mol. The third kappa shape index (κ3) is 4.88. The number of benzene rings is 2. The molecule has 2 aromatic carbocycles. The number of hydrogen-bond acceptors (Lipinski definition) is 6. The van der Waals surface area contributed by atoms with Crippen LogP contribution in [0.5, 0.6) is 0 Å². The van der Waals surface area contributed by atoms with Gasteiger partial charge in [0.25, 0.3) is 0 Å². The lowest BCUT2D eigenvalue weighted by atomic mass is 9.98. The zero-order valence-electron chi connectivity index (χ0n) is 19.2. The molecule has 2 aromatic rings. The Balaban J connectivity index is 1.11. The maximum absolute atomic E-state index is 12.9. The fourth-order valence-electron chi connectivity index (χ4n) is 5.17. The molecule has 0 spiro atoms. The summed E-state index contributed by atoms with van der Waals surface area (Å²) in [5.41, 5.74) is 4.64. The molecule has 3 atom stereocenters. The molecule has 35 heavy (non-hydrogen) atoms. The summed E-state index contributed by atoms with van der Waals surface area (Å²) >= 11 is 1.55. The summed E-state index contributed by atoms with van der Waals surface area (Å²) in [6, 6.07) is 15.5. The van der Waals surface area contributed by atoms with Gasteiger partial charge < -0.3 is 24.8 Å². The highest BCUT2D eigenvalue weighted by Crippen LogP contribution is 2.44. The second-order valence-corrected chi connectivity index (χ2v) is 10.2. The number of carbonyl (C=O) groups excluding carboxylic acids is 2. The number of carbonyl (C=O) groups is 3. The number of amides is 2. The molecule has 0 saturated carbocycles. The highest BCUT2D eigenvalue weighted by atomic mass is 32.2. The van der Waals surface area contributed by atoms with Gasteiger partial charge in [-0.2, -0.15) is 11.8 Å². The van der Waals surface area contributed by atoms with Crippen LogP contribution in [0.1, 0.15) is 23.5 Å². The number of aliphatic carboxylic acids is 1. The summed E-state index contributed by atoms with van der Waals surface area (Å²) in [6.07, 6.45) is -0.394. The molecular formula is C26H28N2O6S. The molecule has 1 aliphatic carbocycles. The molecule has 5 rings (SSSR count). The van der Waals surface area contributed by atoms with Gasteiger partial charge in [0, 0.05) is 30.5 Å². The van der Waals surface area contributed by atoms with Gasteiger partial charge in [-0.05, 0) is 28.7 Å². The zero-order valence-corrected chi connectivity index (χ0v) is 20.0. The quantitative estimate of drug-likeness (QED) is 0.634. The monoisotopic (exact) mass is 496 g/mol. The lowest BCUT2D eigenvalue weighted by molar-refractivity contribution is -0.151. The number of fused-ring (bicyclic) bond motifs is 3. The first-order valence-electron chi connectivity index (χ1n) is 11.8. The number of alkyl carbamates (subject to hydrolysis) is 1. The Kier molecular flexibility index (Phi) is 6.97. The Morgan fingerprint density at radius 3 is 2.46 bits per heavy atom. The second-order valence-electron chi connectivity index (χ2n) is 9.05. The summed E-state index contributed by atoms with van der Waals surface area (Å²) < 4.78 is 11.3. The van der Waals surface area contributed by atoms with Crippen molar-refractivity contribution in [3.8, 4) is 11.1 Å². The Labute approximate surface area is 208 Å². The maximum Gasteiger partial charge on any atom is 0.407 e. The van der Waals surface area contributed by atoms with Gasteiger partial charge in [-0.1, -0.05) is 48.5 Å². The molecule has 0 radical (unpaired) electrons. The zero-order chi connectivity index (χ0) is 24.4. The van der Waals surface area contributed by atoms with Crippen molar-refractivity contribution in [2.45, 2.75) is 24.5 Å². The van der Waals surface area contributed by atoms with Gasteiger partial charge in [0.2, 0.25) is 5.91 Å². The number of nitrogens with one attached hydrogen (secondary N) is 1. The van der Waals surface area contributed by atoms with Crippen LogP contribution in [0.25, 0.3) is 11.1 Å². The van der Waals surface area contributed by atoms with Crippen LogP contribution < -0.4 is 5.32 Å². The van der Waals surface area contributed by atoms with Gasteiger partial charge in [0.05, 0.1) is 18.6 Å². The number of ether oxygens (including phenoxy) is 2. The van der Waals surface area contributed by atoms with E-state index in [0.717, 1.165) is 16.9 Å². The summed E-state index contributed by atoms with van der Waals surface area (Å²) in [4.78, 5) is 38.3. The number of carboxylic acids is 1. The number of rotatable bonds is 6. The van der Waals surface area contributed by atoms with Gasteiger partial charge in [0.1, 0.15) is 12.6 Å². The van der Waals surface area contributed by atoms with Crippen LogP contribution in [0.2, 0.25) is 0 Å². The summed E-state index contributed by atoms with van der Waals surface area (Å²) in [5, 5.41) is 12.2. The van der Waals surface area contributed by atoms with E-state index in [2.05, 4.69) is 29.6 Å². The first-order valence-corrected chi connectivity index (χ1v) is 13.0. The van der Waals surface area contributed by atoms with E-state index in [-0.39, 0.29) is 37.7 Å². The highest BCUT2D eigenvalue weighted by molar-refractivity contribution is 7.99. The minimum Gasteiger partial charge on any atom is -0.480 e. The van der Waals surface area contributed by atoms with E-state index in [1.165, 1.54) is 16.0 Å². The van der Waals surface area contributed by atoms with Crippen molar-refractivity contribution in [3.05, 3.63) is 59.7 Å². The molecule has 8 nitrogen and oxygen atoms in total. The van der Waals surface area contributed by atoms with E-state index < -0.39 is 24.0 Å². The Morgan fingerprint density at radius 2 is 1.77 bits per heavy atom. The molecule has 2 aliphatic heterocycles. The first-order chi connectivity index (χ1) is 17.0. The van der Waals surface area contributed by atoms with Crippen molar-refractivity contribution in [1.82, 2.24) is 10.2 Å². The molecule has 0 bridgehead atoms. The van der Waals surface area contributed by atoms with E-state index in [1.54, 1.807) is 11.8 Å². The van der Waals surface area contributed by atoms with E-state index in [4.69, 9.17) is 9.47 Å². The van der Waals surface area contributed by atoms with Crippen molar-refractivity contribution in [2.75, 3.05) is 37.8 Å². The smallest absolute Gasteiger partial charge is 0.407 e. The third-order valence-corrected chi connectivity index (χ3v) is 7.97. The van der Waals surface area contributed by atoms with Crippen molar-refractivity contribution in [1.29, 1.82) is 0 Å². The van der Waals surface area contributed by atoms with Gasteiger partial charge in [-0.15, -0.1) is 0 Å². The molecule has 2 saturated heterocycles. The maximum atomic E-state index is 12.9. The summed E-state index contributed by atoms with van der Waals surface area (Å²) in [6.45, 7) is 1.13.